The van der Waals surface area contributed by atoms with Gasteiger partial charge in [-0.25, -0.2) is 0 Å². The van der Waals surface area contributed by atoms with Gasteiger partial charge in [-0.2, -0.15) is 0 Å². The van der Waals surface area contributed by atoms with Gasteiger partial charge < -0.3 is 15.4 Å². The summed E-state index contributed by atoms with van der Waals surface area (Å²) in [5, 5.41) is 10.6. The Morgan fingerprint density at radius 3 is 2.59 bits per heavy atom. The summed E-state index contributed by atoms with van der Waals surface area (Å²) in [4.78, 5) is 11.8. The standard InChI is InChI=1S/C17H15BrN2O2/c1-10-16(17(19)22)12-7-15(21)13(18)8-14(12)20(10)9-11-5-3-2-4-6-11/h2-8,21H,9H2,1H3,(H2,19,22). The molecule has 0 aliphatic carbocycles. The van der Waals surface area contributed by atoms with E-state index in [4.69, 9.17) is 5.73 Å². The molecule has 1 heterocycles. The zero-order valence-corrected chi connectivity index (χ0v) is 13.6. The van der Waals surface area contributed by atoms with E-state index in [9.17, 15) is 9.90 Å². The van der Waals surface area contributed by atoms with Gasteiger partial charge >= 0.3 is 0 Å². The van der Waals surface area contributed by atoms with Crippen molar-refractivity contribution in [3.8, 4) is 5.75 Å². The summed E-state index contributed by atoms with van der Waals surface area (Å²) >= 11 is 3.33. The molecule has 3 aromatic rings. The van der Waals surface area contributed by atoms with E-state index in [1.165, 1.54) is 0 Å². The van der Waals surface area contributed by atoms with Crippen molar-refractivity contribution < 1.29 is 9.90 Å². The van der Waals surface area contributed by atoms with Crippen molar-refractivity contribution in [3.05, 3.63) is 63.8 Å². The number of hydrogen-bond acceptors (Lipinski definition) is 2. The summed E-state index contributed by atoms with van der Waals surface area (Å²) in [6.45, 7) is 2.50. The second-order valence-corrected chi connectivity index (χ2v) is 6.07. The normalized spacial score (nSPS) is 11.0. The molecule has 3 rings (SSSR count). The molecule has 0 atom stereocenters. The third-order valence-corrected chi connectivity index (χ3v) is 4.46. The maximum atomic E-state index is 11.8. The van der Waals surface area contributed by atoms with Crippen LogP contribution in [0.3, 0.4) is 0 Å². The first-order chi connectivity index (χ1) is 10.5. The van der Waals surface area contributed by atoms with Gasteiger partial charge in [0.2, 0.25) is 0 Å². The Morgan fingerprint density at radius 1 is 1.27 bits per heavy atom. The third-order valence-electron chi connectivity index (χ3n) is 3.82. The number of carbonyl (C=O) groups excluding carboxylic acids is 1. The van der Waals surface area contributed by atoms with Gasteiger partial charge in [0.05, 0.1) is 15.6 Å². The summed E-state index contributed by atoms with van der Waals surface area (Å²) in [7, 11) is 0. The number of hydrogen-bond donors (Lipinski definition) is 2. The largest absolute Gasteiger partial charge is 0.507 e. The van der Waals surface area contributed by atoms with Crippen LogP contribution in [0.5, 0.6) is 5.75 Å². The summed E-state index contributed by atoms with van der Waals surface area (Å²) < 4.78 is 2.62. The maximum Gasteiger partial charge on any atom is 0.251 e. The molecular weight excluding hydrogens is 344 g/mol. The molecule has 5 heteroatoms. The van der Waals surface area contributed by atoms with E-state index in [2.05, 4.69) is 15.9 Å². The number of fused-ring (bicyclic) bond motifs is 1. The number of rotatable bonds is 3. The second-order valence-electron chi connectivity index (χ2n) is 5.22. The molecule has 1 aromatic heterocycles. The van der Waals surface area contributed by atoms with E-state index >= 15 is 0 Å². The number of aromatic hydroxyl groups is 1. The van der Waals surface area contributed by atoms with Crippen molar-refractivity contribution in [1.82, 2.24) is 4.57 Å². The minimum Gasteiger partial charge on any atom is -0.507 e. The number of nitrogens with zero attached hydrogens (tertiary/aromatic N) is 1. The first-order valence-electron chi connectivity index (χ1n) is 6.84. The lowest BCUT2D eigenvalue weighted by Crippen LogP contribution is -2.13. The average Bonchev–Trinajstić information content (AvgIpc) is 2.73. The number of benzene rings is 2. The van der Waals surface area contributed by atoms with E-state index in [1.807, 2.05) is 47.9 Å². The number of carbonyl (C=O) groups is 1. The minimum atomic E-state index is -0.490. The van der Waals surface area contributed by atoms with Crippen molar-refractivity contribution in [2.24, 2.45) is 5.73 Å². The van der Waals surface area contributed by atoms with E-state index < -0.39 is 5.91 Å². The summed E-state index contributed by atoms with van der Waals surface area (Å²) in [5.74, 6) is -0.400. The van der Waals surface area contributed by atoms with E-state index in [1.54, 1.807) is 6.07 Å². The summed E-state index contributed by atoms with van der Waals surface area (Å²) in [5.41, 5.74) is 8.77. The van der Waals surface area contributed by atoms with Crippen LogP contribution in [0, 0.1) is 6.92 Å². The highest BCUT2D eigenvalue weighted by Crippen LogP contribution is 2.34. The molecule has 0 unspecified atom stereocenters. The van der Waals surface area contributed by atoms with E-state index in [0.29, 0.717) is 22.0 Å². The molecule has 0 saturated heterocycles. The van der Waals surface area contributed by atoms with Gasteiger partial charge in [-0.05, 0) is 40.5 Å². The number of halogens is 1. The minimum absolute atomic E-state index is 0.0897. The lowest BCUT2D eigenvalue weighted by Gasteiger charge is -2.09. The lowest BCUT2D eigenvalue weighted by atomic mass is 10.1. The molecule has 0 aliphatic heterocycles. The van der Waals surface area contributed by atoms with Gasteiger partial charge in [-0.1, -0.05) is 30.3 Å². The molecule has 4 nitrogen and oxygen atoms in total. The Labute approximate surface area is 136 Å². The van der Waals surface area contributed by atoms with Crippen molar-refractivity contribution in [1.29, 1.82) is 0 Å². The number of nitrogens with two attached hydrogens (primary N) is 1. The highest BCUT2D eigenvalue weighted by Gasteiger charge is 2.19. The van der Waals surface area contributed by atoms with Crippen molar-refractivity contribution in [2.45, 2.75) is 13.5 Å². The van der Waals surface area contributed by atoms with Crippen LogP contribution in [0.4, 0.5) is 0 Å². The third kappa shape index (κ3) is 2.37. The zero-order chi connectivity index (χ0) is 15.9. The van der Waals surface area contributed by atoms with Crippen LogP contribution >= 0.6 is 15.9 Å². The van der Waals surface area contributed by atoms with Crippen LogP contribution in [0.2, 0.25) is 0 Å². The van der Waals surface area contributed by atoms with Crippen LogP contribution in [-0.4, -0.2) is 15.6 Å². The average molecular weight is 359 g/mol. The molecule has 0 bridgehead atoms. The molecular formula is C17H15BrN2O2. The molecule has 3 N–H and O–H groups in total. The van der Waals surface area contributed by atoms with Crippen LogP contribution < -0.4 is 5.73 Å². The SMILES string of the molecule is Cc1c(C(N)=O)c2cc(O)c(Br)cc2n1Cc1ccccc1. The van der Waals surface area contributed by atoms with Crippen molar-refractivity contribution in [2.75, 3.05) is 0 Å². The highest BCUT2D eigenvalue weighted by molar-refractivity contribution is 9.10. The first-order valence-corrected chi connectivity index (χ1v) is 7.63. The topological polar surface area (TPSA) is 68.2 Å². The fourth-order valence-electron chi connectivity index (χ4n) is 2.77. The molecule has 0 aliphatic rings. The Morgan fingerprint density at radius 2 is 1.95 bits per heavy atom. The Kier molecular flexibility index (Phi) is 3.66. The number of aromatic nitrogens is 1. The fraction of sp³-hybridized carbons (Fsp3) is 0.118. The van der Waals surface area contributed by atoms with Crippen molar-refractivity contribution >= 4 is 32.7 Å². The number of primary amides is 1. The molecule has 112 valence electrons. The Bertz CT molecular complexity index is 869. The van der Waals surface area contributed by atoms with Gasteiger partial charge in [-0.15, -0.1) is 0 Å². The Hall–Kier alpha value is -2.27. The number of phenols is 1. The molecule has 0 saturated carbocycles. The fourth-order valence-corrected chi connectivity index (χ4v) is 3.10. The van der Waals surface area contributed by atoms with Crippen LogP contribution in [-0.2, 0) is 6.54 Å². The maximum absolute atomic E-state index is 11.8. The molecule has 1 amide bonds. The smallest absolute Gasteiger partial charge is 0.251 e. The quantitative estimate of drug-likeness (QED) is 0.751. The first kappa shape index (κ1) is 14.7. The van der Waals surface area contributed by atoms with Crippen molar-refractivity contribution in [3.63, 3.8) is 0 Å². The van der Waals surface area contributed by atoms with Gasteiger partial charge in [0.25, 0.3) is 5.91 Å². The van der Waals surface area contributed by atoms with Gasteiger partial charge in [0.15, 0.2) is 0 Å². The second kappa shape index (κ2) is 5.50. The predicted octanol–water partition coefficient (Wildman–Crippen LogP) is 3.57. The van der Waals surface area contributed by atoms with Crippen LogP contribution in [0.1, 0.15) is 21.6 Å². The highest BCUT2D eigenvalue weighted by atomic mass is 79.9. The summed E-state index contributed by atoms with van der Waals surface area (Å²) in [6.07, 6.45) is 0. The van der Waals surface area contributed by atoms with E-state index in [0.717, 1.165) is 16.8 Å². The number of phenolic OH excluding ortho intramolecular Hbond substituents is 1. The predicted molar refractivity (Wildman–Crippen MR) is 90.1 cm³/mol. The lowest BCUT2D eigenvalue weighted by molar-refractivity contribution is 0.100. The van der Waals surface area contributed by atoms with Gasteiger partial charge in [0, 0.05) is 17.6 Å². The molecule has 0 radical (unpaired) electrons. The summed E-state index contributed by atoms with van der Waals surface area (Å²) in [6, 6.07) is 13.4. The molecule has 22 heavy (non-hydrogen) atoms. The molecule has 0 spiro atoms. The van der Waals surface area contributed by atoms with Crippen LogP contribution in [0.25, 0.3) is 10.9 Å². The van der Waals surface area contributed by atoms with E-state index in [-0.39, 0.29) is 5.75 Å². The molecule has 2 aromatic carbocycles. The van der Waals surface area contributed by atoms with Gasteiger partial charge in [0.1, 0.15) is 5.75 Å². The van der Waals surface area contributed by atoms with Gasteiger partial charge in [-0.3, -0.25) is 4.79 Å². The van der Waals surface area contributed by atoms with Crippen LogP contribution in [0.15, 0.2) is 46.9 Å². The number of amides is 1. The molecule has 0 fully saturated rings. The monoisotopic (exact) mass is 358 g/mol. The zero-order valence-electron chi connectivity index (χ0n) is 12.0. The Balaban J connectivity index is 2.27.